The van der Waals surface area contributed by atoms with Crippen LogP contribution in [0.4, 0.5) is 0 Å². The first-order chi connectivity index (χ1) is 10.9. The number of aryl methyl sites for hydroxylation is 2. The number of aromatic amines is 1. The van der Waals surface area contributed by atoms with E-state index < -0.39 is 0 Å². The lowest BCUT2D eigenvalue weighted by molar-refractivity contribution is 0.103. The van der Waals surface area contributed by atoms with E-state index in [2.05, 4.69) is 44.8 Å². The van der Waals surface area contributed by atoms with Gasteiger partial charge in [-0.05, 0) is 42.2 Å². The summed E-state index contributed by atoms with van der Waals surface area (Å²) in [6.07, 6.45) is 0.952. The standard InChI is InChI=1S/C21H21NO/c1-5-13-11-15-16(10-12(13)2)21(3,4)20-18(19(15)23)14-8-6-7-9-17(14)22-20/h6-11,22H,5H2,1-4H3. The molecule has 0 unspecified atom stereocenters. The fourth-order valence-electron chi connectivity index (χ4n) is 3.95. The van der Waals surface area contributed by atoms with E-state index in [-0.39, 0.29) is 11.2 Å². The molecule has 3 aromatic rings. The largest absolute Gasteiger partial charge is 0.357 e. The molecule has 1 aliphatic rings. The van der Waals surface area contributed by atoms with Gasteiger partial charge in [0, 0.05) is 27.6 Å². The first-order valence-corrected chi connectivity index (χ1v) is 8.25. The lowest BCUT2D eigenvalue weighted by atomic mass is 9.70. The smallest absolute Gasteiger partial charge is 0.195 e. The zero-order valence-electron chi connectivity index (χ0n) is 14.1. The summed E-state index contributed by atoms with van der Waals surface area (Å²) in [5, 5.41) is 1.03. The van der Waals surface area contributed by atoms with E-state index in [4.69, 9.17) is 0 Å². The molecule has 2 nitrogen and oxygen atoms in total. The van der Waals surface area contributed by atoms with E-state index in [9.17, 15) is 4.79 Å². The SMILES string of the molecule is CCc1cc2c(cc1C)C(C)(C)c1[nH]c3ccccc3c1C2=O. The van der Waals surface area contributed by atoms with Crippen LogP contribution in [0.25, 0.3) is 10.9 Å². The highest BCUT2D eigenvalue weighted by molar-refractivity contribution is 6.20. The molecule has 0 saturated carbocycles. The summed E-state index contributed by atoms with van der Waals surface area (Å²) in [5.74, 6) is 0.154. The number of carbonyl (C=O) groups is 1. The molecule has 116 valence electrons. The summed E-state index contributed by atoms with van der Waals surface area (Å²) in [6, 6.07) is 12.4. The monoisotopic (exact) mass is 303 g/mol. The highest BCUT2D eigenvalue weighted by atomic mass is 16.1. The molecule has 0 radical (unpaired) electrons. The summed E-state index contributed by atoms with van der Waals surface area (Å²) in [6.45, 7) is 8.69. The number of para-hydroxylation sites is 1. The van der Waals surface area contributed by atoms with Gasteiger partial charge in [0.1, 0.15) is 0 Å². The highest BCUT2D eigenvalue weighted by Gasteiger charge is 2.39. The molecule has 0 aliphatic heterocycles. The van der Waals surface area contributed by atoms with Crippen molar-refractivity contribution in [2.75, 3.05) is 0 Å². The number of benzene rings is 2. The van der Waals surface area contributed by atoms with Gasteiger partial charge in [-0.25, -0.2) is 0 Å². The molecule has 0 amide bonds. The Bertz CT molecular complexity index is 959. The van der Waals surface area contributed by atoms with E-state index in [0.29, 0.717) is 0 Å². The number of carbonyl (C=O) groups excluding carboxylic acids is 1. The Balaban J connectivity index is 2.10. The van der Waals surface area contributed by atoms with Crippen LogP contribution in [0.5, 0.6) is 0 Å². The van der Waals surface area contributed by atoms with Crippen molar-refractivity contribution in [2.45, 2.75) is 39.5 Å². The average Bonchev–Trinajstić information content (AvgIpc) is 2.93. The molecule has 1 N–H and O–H groups in total. The molecule has 4 rings (SSSR count). The van der Waals surface area contributed by atoms with Gasteiger partial charge >= 0.3 is 0 Å². The van der Waals surface area contributed by atoms with E-state index in [1.54, 1.807) is 0 Å². The molecular formula is C21H21NO. The zero-order valence-corrected chi connectivity index (χ0v) is 14.1. The first kappa shape index (κ1) is 14.3. The second kappa shape index (κ2) is 4.58. The van der Waals surface area contributed by atoms with Crippen LogP contribution in [0.3, 0.4) is 0 Å². The minimum Gasteiger partial charge on any atom is -0.357 e. The van der Waals surface area contributed by atoms with Crippen molar-refractivity contribution in [3.63, 3.8) is 0 Å². The quantitative estimate of drug-likeness (QED) is 0.681. The molecule has 2 aromatic carbocycles. The van der Waals surface area contributed by atoms with Crippen molar-refractivity contribution in [1.29, 1.82) is 0 Å². The molecule has 0 spiro atoms. The number of hydrogen-bond donors (Lipinski definition) is 1. The van der Waals surface area contributed by atoms with Gasteiger partial charge in [0.2, 0.25) is 0 Å². The average molecular weight is 303 g/mol. The number of H-pyrrole nitrogens is 1. The van der Waals surface area contributed by atoms with E-state index in [0.717, 1.165) is 39.7 Å². The Kier molecular flexibility index (Phi) is 2.84. The molecule has 1 aromatic heterocycles. The lowest BCUT2D eigenvalue weighted by Crippen LogP contribution is -2.30. The Hall–Kier alpha value is -2.35. The maximum absolute atomic E-state index is 13.2. The normalized spacial score (nSPS) is 15.6. The van der Waals surface area contributed by atoms with Crippen LogP contribution in [-0.2, 0) is 11.8 Å². The third-order valence-corrected chi connectivity index (χ3v) is 5.33. The van der Waals surface area contributed by atoms with Gasteiger partial charge in [0.05, 0.1) is 5.56 Å². The molecule has 1 aliphatic carbocycles. The van der Waals surface area contributed by atoms with Crippen molar-refractivity contribution in [1.82, 2.24) is 4.98 Å². The van der Waals surface area contributed by atoms with Gasteiger partial charge in [-0.15, -0.1) is 0 Å². The van der Waals surface area contributed by atoms with Gasteiger partial charge in [0.25, 0.3) is 0 Å². The lowest BCUT2D eigenvalue weighted by Gasteiger charge is -2.33. The number of rotatable bonds is 1. The van der Waals surface area contributed by atoms with Crippen LogP contribution in [0.1, 0.15) is 59.1 Å². The summed E-state index contributed by atoms with van der Waals surface area (Å²) >= 11 is 0. The van der Waals surface area contributed by atoms with Gasteiger partial charge in [0.15, 0.2) is 5.78 Å². The van der Waals surface area contributed by atoms with Crippen molar-refractivity contribution < 1.29 is 4.79 Å². The maximum Gasteiger partial charge on any atom is 0.195 e. The Morgan fingerprint density at radius 3 is 2.61 bits per heavy atom. The van der Waals surface area contributed by atoms with Crippen LogP contribution in [0, 0.1) is 6.92 Å². The number of aromatic nitrogens is 1. The molecule has 0 bridgehead atoms. The predicted octanol–water partition coefficient (Wildman–Crippen LogP) is 4.91. The fraction of sp³-hybridized carbons (Fsp3) is 0.286. The van der Waals surface area contributed by atoms with Gasteiger partial charge in [-0.3, -0.25) is 4.79 Å². The van der Waals surface area contributed by atoms with Gasteiger partial charge in [-0.2, -0.15) is 0 Å². The second-order valence-electron chi connectivity index (χ2n) is 7.05. The fourth-order valence-corrected chi connectivity index (χ4v) is 3.95. The van der Waals surface area contributed by atoms with Crippen molar-refractivity contribution in [3.05, 3.63) is 69.9 Å². The topological polar surface area (TPSA) is 32.9 Å². The highest BCUT2D eigenvalue weighted by Crippen LogP contribution is 2.44. The van der Waals surface area contributed by atoms with E-state index in [1.165, 1.54) is 11.1 Å². The van der Waals surface area contributed by atoms with Crippen molar-refractivity contribution >= 4 is 16.7 Å². The summed E-state index contributed by atoms with van der Waals surface area (Å²) < 4.78 is 0. The Labute approximate surface area is 136 Å². The van der Waals surface area contributed by atoms with Crippen LogP contribution in [0.15, 0.2) is 36.4 Å². The van der Waals surface area contributed by atoms with Crippen LogP contribution < -0.4 is 0 Å². The predicted molar refractivity (Wildman–Crippen MR) is 94.4 cm³/mol. The molecule has 1 heterocycles. The second-order valence-corrected chi connectivity index (χ2v) is 7.05. The zero-order chi connectivity index (χ0) is 16.4. The third-order valence-electron chi connectivity index (χ3n) is 5.33. The minimum absolute atomic E-state index is 0.154. The summed E-state index contributed by atoms with van der Waals surface area (Å²) in [5.41, 5.74) is 7.27. The molecule has 0 fully saturated rings. The molecule has 0 saturated heterocycles. The van der Waals surface area contributed by atoms with E-state index >= 15 is 0 Å². The number of nitrogens with one attached hydrogen (secondary N) is 1. The maximum atomic E-state index is 13.2. The molecule has 0 atom stereocenters. The third kappa shape index (κ3) is 1.78. The van der Waals surface area contributed by atoms with Gasteiger partial charge in [-0.1, -0.05) is 45.0 Å². The van der Waals surface area contributed by atoms with Crippen LogP contribution >= 0.6 is 0 Å². The molecule has 2 heteroatoms. The van der Waals surface area contributed by atoms with Gasteiger partial charge < -0.3 is 4.98 Å². The summed E-state index contributed by atoms with van der Waals surface area (Å²) in [4.78, 5) is 16.7. The van der Waals surface area contributed by atoms with Crippen molar-refractivity contribution in [2.24, 2.45) is 0 Å². The Morgan fingerprint density at radius 1 is 1.13 bits per heavy atom. The van der Waals surface area contributed by atoms with Crippen LogP contribution in [0.2, 0.25) is 0 Å². The minimum atomic E-state index is -0.200. The number of hydrogen-bond acceptors (Lipinski definition) is 1. The molecular weight excluding hydrogens is 282 g/mol. The Morgan fingerprint density at radius 2 is 1.87 bits per heavy atom. The molecule has 23 heavy (non-hydrogen) atoms. The number of ketones is 1. The summed E-state index contributed by atoms with van der Waals surface area (Å²) in [7, 11) is 0. The number of fused-ring (bicyclic) bond motifs is 4. The van der Waals surface area contributed by atoms with Crippen LogP contribution in [-0.4, -0.2) is 10.8 Å². The first-order valence-electron chi connectivity index (χ1n) is 8.25. The van der Waals surface area contributed by atoms with E-state index in [1.807, 2.05) is 24.3 Å². The van der Waals surface area contributed by atoms with Crippen molar-refractivity contribution in [3.8, 4) is 0 Å².